The van der Waals surface area contributed by atoms with Crippen LogP contribution in [0, 0.1) is 36.0 Å². The van der Waals surface area contributed by atoms with E-state index in [0.717, 1.165) is 11.6 Å². The zero-order valence-electron chi connectivity index (χ0n) is 20.5. The molecule has 0 heterocycles. The minimum Gasteiger partial charge on any atom is -0.429 e. The molecule has 0 aliphatic carbocycles. The van der Waals surface area contributed by atoms with Crippen LogP contribution in [-0.4, -0.2) is 6.18 Å². The lowest BCUT2D eigenvalue weighted by Gasteiger charge is -2.20. The molecule has 0 atom stereocenters. The number of hydrogen-bond acceptors (Lipinski definition) is 1. The van der Waals surface area contributed by atoms with Crippen molar-refractivity contribution in [3.63, 3.8) is 0 Å². The minimum atomic E-state index is -5.29. The van der Waals surface area contributed by atoms with E-state index in [1.54, 1.807) is 24.3 Å². The maximum atomic E-state index is 14.9. The standard InChI is InChI=1S/C29H15F11O/c1-14-2-4-15(5-3-14)16-6-7-19(20(30)8-16)17-9-23(33)27(24(34)10-17)29(39,40)41-18-11-21(31)26(22(32)12-18)25(35)13-28(36,37)38/h2-13H,1H3/b25-13-. The summed E-state index contributed by atoms with van der Waals surface area (Å²) in [6, 6.07) is 11.3. The predicted octanol–water partition coefficient (Wildman–Crippen LogP) is 10.0. The molecule has 41 heavy (non-hydrogen) atoms. The van der Waals surface area contributed by atoms with Gasteiger partial charge in [-0.3, -0.25) is 0 Å². The molecule has 0 fully saturated rings. The van der Waals surface area contributed by atoms with Gasteiger partial charge >= 0.3 is 12.3 Å². The van der Waals surface area contributed by atoms with Gasteiger partial charge in [0, 0.05) is 17.7 Å². The normalized spacial score (nSPS) is 12.5. The highest BCUT2D eigenvalue weighted by atomic mass is 19.4. The molecule has 0 amide bonds. The molecule has 0 bridgehead atoms. The van der Waals surface area contributed by atoms with Crippen molar-refractivity contribution in [2.24, 2.45) is 0 Å². The fraction of sp³-hybridized carbons (Fsp3) is 0.103. The zero-order chi connectivity index (χ0) is 30.3. The van der Waals surface area contributed by atoms with Gasteiger partial charge in [-0.05, 0) is 41.8 Å². The first-order valence-corrected chi connectivity index (χ1v) is 11.4. The molecular weight excluding hydrogens is 573 g/mol. The second kappa shape index (κ2) is 10.9. The average Bonchev–Trinajstić information content (AvgIpc) is 2.81. The van der Waals surface area contributed by atoms with Crippen LogP contribution < -0.4 is 4.74 Å². The Morgan fingerprint density at radius 2 is 1.15 bits per heavy atom. The van der Waals surface area contributed by atoms with E-state index < -0.39 is 75.7 Å². The molecule has 214 valence electrons. The summed E-state index contributed by atoms with van der Waals surface area (Å²) < 4.78 is 157. The van der Waals surface area contributed by atoms with Crippen molar-refractivity contribution < 1.29 is 53.0 Å². The summed E-state index contributed by atoms with van der Waals surface area (Å²) in [5, 5.41) is 0. The van der Waals surface area contributed by atoms with Crippen LogP contribution in [0.5, 0.6) is 5.75 Å². The number of allylic oxidation sites excluding steroid dienone is 1. The van der Waals surface area contributed by atoms with Crippen LogP contribution in [0.3, 0.4) is 0 Å². The molecule has 4 aromatic rings. The van der Waals surface area contributed by atoms with E-state index in [2.05, 4.69) is 4.74 Å². The topological polar surface area (TPSA) is 9.23 Å². The van der Waals surface area contributed by atoms with Crippen molar-refractivity contribution in [2.45, 2.75) is 19.2 Å². The molecule has 0 aliphatic heterocycles. The number of halogens is 11. The van der Waals surface area contributed by atoms with E-state index in [4.69, 9.17) is 0 Å². The van der Waals surface area contributed by atoms with Crippen LogP contribution in [-0.2, 0) is 6.11 Å². The van der Waals surface area contributed by atoms with Gasteiger partial charge < -0.3 is 4.74 Å². The second-order valence-corrected chi connectivity index (χ2v) is 8.79. The van der Waals surface area contributed by atoms with Crippen molar-refractivity contribution in [1.29, 1.82) is 0 Å². The molecule has 1 nitrogen and oxygen atoms in total. The lowest BCUT2D eigenvalue weighted by molar-refractivity contribution is -0.189. The first kappa shape index (κ1) is 29.6. The van der Waals surface area contributed by atoms with Crippen molar-refractivity contribution >= 4 is 5.83 Å². The van der Waals surface area contributed by atoms with Gasteiger partial charge in [-0.1, -0.05) is 42.0 Å². The van der Waals surface area contributed by atoms with E-state index in [-0.39, 0.29) is 17.7 Å². The van der Waals surface area contributed by atoms with Gasteiger partial charge in [0.2, 0.25) is 0 Å². The summed E-state index contributed by atoms with van der Waals surface area (Å²) in [7, 11) is 0. The Kier molecular flexibility index (Phi) is 7.88. The van der Waals surface area contributed by atoms with Crippen LogP contribution in [0.25, 0.3) is 28.1 Å². The number of alkyl halides is 5. The molecule has 0 saturated heterocycles. The van der Waals surface area contributed by atoms with Gasteiger partial charge in [0.25, 0.3) is 0 Å². The van der Waals surface area contributed by atoms with Crippen molar-refractivity contribution in [3.05, 3.63) is 119 Å². The number of hydrogen-bond donors (Lipinski definition) is 0. The second-order valence-electron chi connectivity index (χ2n) is 8.79. The van der Waals surface area contributed by atoms with Gasteiger partial charge in [-0.25, -0.2) is 26.3 Å². The van der Waals surface area contributed by atoms with Crippen molar-refractivity contribution in [2.75, 3.05) is 0 Å². The molecular formula is C29H15F11O. The molecule has 0 radical (unpaired) electrons. The molecule has 0 aromatic heterocycles. The van der Waals surface area contributed by atoms with Crippen LogP contribution >= 0.6 is 0 Å². The Morgan fingerprint density at radius 3 is 1.66 bits per heavy atom. The van der Waals surface area contributed by atoms with E-state index in [9.17, 15) is 48.3 Å². The molecule has 0 aliphatic rings. The van der Waals surface area contributed by atoms with Crippen molar-refractivity contribution in [3.8, 4) is 28.0 Å². The van der Waals surface area contributed by atoms with Gasteiger partial charge in [-0.2, -0.15) is 22.0 Å². The molecule has 12 heteroatoms. The summed E-state index contributed by atoms with van der Waals surface area (Å²) in [5.74, 6) is -12.7. The highest BCUT2D eigenvalue weighted by molar-refractivity contribution is 5.71. The third-order valence-corrected chi connectivity index (χ3v) is 5.79. The Morgan fingerprint density at radius 1 is 0.634 bits per heavy atom. The van der Waals surface area contributed by atoms with Gasteiger partial charge in [0.05, 0.1) is 11.6 Å². The van der Waals surface area contributed by atoms with E-state index in [1.165, 1.54) is 12.1 Å². The maximum Gasteiger partial charge on any atom is 0.432 e. The van der Waals surface area contributed by atoms with Crippen LogP contribution in [0.2, 0.25) is 0 Å². The average molecular weight is 588 g/mol. The summed E-state index contributed by atoms with van der Waals surface area (Å²) >= 11 is 0. The Hall–Kier alpha value is -4.35. The van der Waals surface area contributed by atoms with Gasteiger partial charge in [-0.15, -0.1) is 0 Å². The highest BCUT2D eigenvalue weighted by Gasteiger charge is 2.42. The number of rotatable bonds is 6. The van der Waals surface area contributed by atoms with E-state index >= 15 is 0 Å². The van der Waals surface area contributed by atoms with E-state index in [1.807, 2.05) is 6.92 Å². The fourth-order valence-corrected chi connectivity index (χ4v) is 3.93. The van der Waals surface area contributed by atoms with E-state index in [0.29, 0.717) is 23.3 Å². The van der Waals surface area contributed by atoms with Crippen LogP contribution in [0.1, 0.15) is 16.7 Å². The number of ether oxygens (including phenoxy) is 1. The number of benzene rings is 4. The zero-order valence-corrected chi connectivity index (χ0v) is 20.5. The third kappa shape index (κ3) is 6.53. The lowest BCUT2D eigenvalue weighted by Crippen LogP contribution is -2.25. The molecule has 4 rings (SSSR count). The quantitative estimate of drug-likeness (QED) is 0.204. The first-order chi connectivity index (χ1) is 19.1. The Labute approximate surface area is 225 Å². The molecule has 4 aromatic carbocycles. The van der Waals surface area contributed by atoms with Crippen LogP contribution in [0.15, 0.2) is 72.8 Å². The Bertz CT molecular complexity index is 1590. The molecule has 0 saturated carbocycles. The van der Waals surface area contributed by atoms with Crippen molar-refractivity contribution in [1.82, 2.24) is 0 Å². The monoisotopic (exact) mass is 588 g/mol. The first-order valence-electron chi connectivity index (χ1n) is 11.4. The van der Waals surface area contributed by atoms with Crippen LogP contribution in [0.4, 0.5) is 48.3 Å². The van der Waals surface area contributed by atoms with Gasteiger partial charge in [0.15, 0.2) is 0 Å². The summed E-state index contributed by atoms with van der Waals surface area (Å²) in [4.78, 5) is 0. The minimum absolute atomic E-state index is 0.0920. The maximum absolute atomic E-state index is 14.9. The molecule has 0 N–H and O–H groups in total. The Balaban J connectivity index is 1.64. The SMILES string of the molecule is Cc1ccc(-c2ccc(-c3cc(F)c(C(F)(F)Oc4cc(F)c(/C(F)=C/C(F)(F)F)c(F)c4)c(F)c3)c(F)c2)cc1. The summed E-state index contributed by atoms with van der Waals surface area (Å²) in [5.41, 5.74) is -2.59. The predicted molar refractivity (Wildman–Crippen MR) is 128 cm³/mol. The third-order valence-electron chi connectivity index (χ3n) is 5.79. The highest BCUT2D eigenvalue weighted by Crippen LogP contribution is 2.39. The lowest BCUT2D eigenvalue weighted by atomic mass is 9.98. The summed E-state index contributed by atoms with van der Waals surface area (Å²) in [6.07, 6.45) is -11.3. The number of aryl methyl sites for hydroxylation is 1. The molecule has 0 spiro atoms. The largest absolute Gasteiger partial charge is 0.432 e. The smallest absolute Gasteiger partial charge is 0.429 e. The fourth-order valence-electron chi connectivity index (χ4n) is 3.93. The van der Waals surface area contributed by atoms with Gasteiger partial charge in [0.1, 0.15) is 46.2 Å². The molecule has 0 unspecified atom stereocenters. The summed E-state index contributed by atoms with van der Waals surface area (Å²) in [6.45, 7) is 1.85.